The number of carbonyl (C=O) groups is 2. The van der Waals surface area contributed by atoms with Crippen LogP contribution in [0.2, 0.25) is 0 Å². The summed E-state index contributed by atoms with van der Waals surface area (Å²) >= 11 is 0. The number of aryl methyl sites for hydroxylation is 1. The Morgan fingerprint density at radius 2 is 1.67 bits per heavy atom. The molecule has 2 amide bonds. The van der Waals surface area contributed by atoms with Crippen LogP contribution in [0.1, 0.15) is 60.9 Å². The normalized spacial score (nSPS) is 12.5. The molecule has 11 heteroatoms. The quantitative estimate of drug-likeness (QED) is 0.0548. The molecule has 1 aliphatic carbocycles. The fourth-order valence-electron chi connectivity index (χ4n) is 7.12. The first-order valence-electron chi connectivity index (χ1n) is 18.8. The van der Waals surface area contributed by atoms with E-state index in [1.807, 2.05) is 36.5 Å². The van der Waals surface area contributed by atoms with Gasteiger partial charge in [0.15, 0.2) is 11.5 Å². The fraction of sp³-hybridized carbons (Fsp3) is 0.372. The highest BCUT2D eigenvalue weighted by molar-refractivity contribution is 5.95. The molecule has 4 N–H and O–H groups in total. The van der Waals surface area contributed by atoms with Gasteiger partial charge >= 0.3 is 0 Å². The number of H-pyrrole nitrogens is 1. The van der Waals surface area contributed by atoms with Crippen LogP contribution in [0, 0.1) is 0 Å². The number of anilines is 1. The van der Waals surface area contributed by atoms with Crippen LogP contribution in [0.15, 0.2) is 66.9 Å². The summed E-state index contributed by atoms with van der Waals surface area (Å²) in [7, 11) is 4.81. The summed E-state index contributed by atoms with van der Waals surface area (Å²) in [5.41, 5.74) is 7.49. The molecule has 0 aliphatic heterocycles. The van der Waals surface area contributed by atoms with E-state index < -0.39 is 0 Å². The Labute approximate surface area is 316 Å². The van der Waals surface area contributed by atoms with Crippen molar-refractivity contribution in [3.8, 4) is 23.0 Å². The zero-order valence-electron chi connectivity index (χ0n) is 31.5. The molecule has 0 unspecified atom stereocenters. The summed E-state index contributed by atoms with van der Waals surface area (Å²) in [4.78, 5) is 36.5. The van der Waals surface area contributed by atoms with Crippen LogP contribution < -0.4 is 24.8 Å². The van der Waals surface area contributed by atoms with Gasteiger partial charge in [-0.25, -0.2) is 0 Å². The lowest BCUT2D eigenvalue weighted by Gasteiger charge is -2.22. The Bertz CT molecular complexity index is 2110. The van der Waals surface area contributed by atoms with Crippen LogP contribution in [-0.2, 0) is 28.9 Å². The molecule has 0 atom stereocenters. The Balaban J connectivity index is 1.03. The number of aromatic amines is 1. The van der Waals surface area contributed by atoms with Crippen LogP contribution in [0.3, 0.4) is 0 Å². The SMILES string of the molecule is COc1ccc2nc3c(c(NCCCCCCN(CC(=O)NCCc4c[nH]c5ccc(OC)cc45)C(=O)/C=C/c4ccc(O)c(OC)c4)c2c1)CCCC3. The van der Waals surface area contributed by atoms with Gasteiger partial charge in [0.25, 0.3) is 0 Å². The number of aromatic nitrogens is 2. The molecule has 284 valence electrons. The molecule has 0 bridgehead atoms. The third-order valence-corrected chi connectivity index (χ3v) is 10.1. The van der Waals surface area contributed by atoms with Crippen LogP contribution in [-0.4, -0.2) is 79.3 Å². The van der Waals surface area contributed by atoms with Crippen molar-refractivity contribution in [3.05, 3.63) is 89.3 Å². The highest BCUT2D eigenvalue weighted by Gasteiger charge is 2.19. The maximum Gasteiger partial charge on any atom is 0.247 e. The number of pyridine rings is 1. The Morgan fingerprint density at radius 3 is 2.48 bits per heavy atom. The van der Waals surface area contributed by atoms with E-state index >= 15 is 0 Å². The molecule has 0 saturated heterocycles. The van der Waals surface area contributed by atoms with Crippen molar-refractivity contribution in [2.45, 2.75) is 57.8 Å². The van der Waals surface area contributed by atoms with Gasteiger partial charge in [0.1, 0.15) is 11.5 Å². The maximum absolute atomic E-state index is 13.5. The molecule has 0 fully saturated rings. The molecule has 0 radical (unpaired) electrons. The van der Waals surface area contributed by atoms with E-state index in [1.54, 1.807) is 37.3 Å². The number of nitrogens with zero attached hydrogens (tertiary/aromatic N) is 2. The smallest absolute Gasteiger partial charge is 0.247 e. The molecule has 0 spiro atoms. The minimum atomic E-state index is -0.257. The van der Waals surface area contributed by atoms with Crippen molar-refractivity contribution >= 4 is 45.4 Å². The Kier molecular flexibility index (Phi) is 12.9. The zero-order valence-corrected chi connectivity index (χ0v) is 31.5. The van der Waals surface area contributed by atoms with Gasteiger partial charge in [-0.2, -0.15) is 0 Å². The lowest BCUT2D eigenvalue weighted by atomic mass is 9.92. The summed E-state index contributed by atoms with van der Waals surface area (Å²) in [5, 5.41) is 18.9. The molecule has 3 aromatic carbocycles. The summed E-state index contributed by atoms with van der Waals surface area (Å²) in [6.07, 6.45) is 13.7. The first kappa shape index (κ1) is 38.0. The van der Waals surface area contributed by atoms with Gasteiger partial charge in [-0.15, -0.1) is 0 Å². The lowest BCUT2D eigenvalue weighted by molar-refractivity contribution is -0.132. The average molecular weight is 734 g/mol. The third kappa shape index (κ3) is 9.44. The topological polar surface area (TPSA) is 138 Å². The van der Waals surface area contributed by atoms with Crippen molar-refractivity contribution in [1.82, 2.24) is 20.2 Å². The summed E-state index contributed by atoms with van der Waals surface area (Å²) in [6, 6.07) is 16.8. The molecule has 2 heterocycles. The van der Waals surface area contributed by atoms with E-state index in [2.05, 4.69) is 21.7 Å². The van der Waals surface area contributed by atoms with Crippen LogP contribution in [0.5, 0.6) is 23.0 Å². The van der Waals surface area contributed by atoms with E-state index in [4.69, 9.17) is 19.2 Å². The van der Waals surface area contributed by atoms with E-state index in [9.17, 15) is 14.7 Å². The molecule has 5 aromatic rings. The number of ether oxygens (including phenoxy) is 3. The summed E-state index contributed by atoms with van der Waals surface area (Å²) < 4.78 is 16.1. The maximum atomic E-state index is 13.5. The molecular formula is C43H51N5O6. The average Bonchev–Trinajstić information content (AvgIpc) is 3.60. The minimum Gasteiger partial charge on any atom is -0.504 e. The number of unbranched alkanes of at least 4 members (excludes halogenated alkanes) is 3. The summed E-state index contributed by atoms with van der Waals surface area (Å²) in [6.45, 7) is 1.67. The number of rotatable bonds is 18. The van der Waals surface area contributed by atoms with Crippen molar-refractivity contribution in [3.63, 3.8) is 0 Å². The molecule has 6 rings (SSSR count). The molecular weight excluding hydrogens is 683 g/mol. The van der Waals surface area contributed by atoms with Crippen molar-refractivity contribution in [2.75, 3.05) is 52.8 Å². The number of aromatic hydroxyl groups is 1. The second kappa shape index (κ2) is 18.4. The van der Waals surface area contributed by atoms with Crippen LogP contribution >= 0.6 is 0 Å². The first-order valence-corrected chi connectivity index (χ1v) is 18.8. The number of phenolic OH excluding ortho intramolecular Hbond substituents is 1. The number of hydrogen-bond acceptors (Lipinski definition) is 8. The summed E-state index contributed by atoms with van der Waals surface area (Å²) in [5.74, 6) is 1.47. The van der Waals surface area contributed by atoms with Crippen molar-refractivity contribution < 1.29 is 28.9 Å². The predicted molar refractivity (Wildman–Crippen MR) is 214 cm³/mol. The van der Waals surface area contributed by atoms with E-state index in [1.165, 1.54) is 49.0 Å². The Morgan fingerprint density at radius 1 is 0.889 bits per heavy atom. The number of fused-ring (bicyclic) bond motifs is 3. The molecule has 11 nitrogen and oxygen atoms in total. The second-order valence-corrected chi connectivity index (χ2v) is 13.7. The van der Waals surface area contributed by atoms with E-state index in [0.717, 1.165) is 83.9 Å². The molecule has 2 aromatic heterocycles. The fourth-order valence-corrected chi connectivity index (χ4v) is 7.12. The number of phenols is 1. The van der Waals surface area contributed by atoms with Crippen molar-refractivity contribution in [2.24, 2.45) is 0 Å². The van der Waals surface area contributed by atoms with Gasteiger partial charge in [0, 0.05) is 59.6 Å². The predicted octanol–water partition coefficient (Wildman–Crippen LogP) is 7.20. The van der Waals surface area contributed by atoms with Gasteiger partial charge in [-0.1, -0.05) is 18.9 Å². The molecule has 0 saturated carbocycles. The van der Waals surface area contributed by atoms with Crippen LogP contribution in [0.4, 0.5) is 5.69 Å². The number of carbonyl (C=O) groups excluding carboxylic acids is 2. The minimum absolute atomic E-state index is 0.0231. The number of hydrogen-bond donors (Lipinski definition) is 4. The van der Waals surface area contributed by atoms with E-state index in [-0.39, 0.29) is 24.1 Å². The van der Waals surface area contributed by atoms with Gasteiger partial charge in [-0.3, -0.25) is 14.6 Å². The standard InChI is InChI=1S/C43H51N5O6/c1-52-31-14-16-36-34(25-31)30(27-46-36)20-22-44-41(50)28-48(42(51)19-13-29-12-18-39(49)40(24-29)54-3)23-9-5-4-8-21-45-43-33-10-6-7-11-37(33)47-38-17-15-32(53-2)26-35(38)43/h12-19,24-27,46,49H,4-11,20-23,28H2,1-3H3,(H,44,50)(H,45,47)/b19-13+. The van der Waals surface area contributed by atoms with Gasteiger partial charge in [0.2, 0.25) is 11.8 Å². The first-order chi connectivity index (χ1) is 26.4. The number of nitrogens with one attached hydrogen (secondary N) is 3. The van der Waals surface area contributed by atoms with Gasteiger partial charge in [-0.05, 0) is 116 Å². The third-order valence-electron chi connectivity index (χ3n) is 10.1. The number of amides is 2. The second-order valence-electron chi connectivity index (χ2n) is 13.7. The number of benzene rings is 3. The highest BCUT2D eigenvalue weighted by Crippen LogP contribution is 2.35. The van der Waals surface area contributed by atoms with Gasteiger partial charge < -0.3 is 39.8 Å². The lowest BCUT2D eigenvalue weighted by Crippen LogP contribution is -2.41. The van der Waals surface area contributed by atoms with E-state index in [0.29, 0.717) is 30.8 Å². The monoisotopic (exact) mass is 733 g/mol. The van der Waals surface area contributed by atoms with Crippen LogP contribution in [0.25, 0.3) is 27.9 Å². The largest absolute Gasteiger partial charge is 0.504 e. The highest BCUT2D eigenvalue weighted by atomic mass is 16.5. The van der Waals surface area contributed by atoms with Gasteiger partial charge in [0.05, 0.1) is 33.4 Å². The Hall–Kier alpha value is -5.71. The molecule has 54 heavy (non-hydrogen) atoms. The molecule has 1 aliphatic rings. The number of methoxy groups -OCH3 is 3. The zero-order chi connectivity index (χ0) is 37.9. The van der Waals surface area contributed by atoms with Crippen molar-refractivity contribution in [1.29, 1.82) is 0 Å².